The summed E-state index contributed by atoms with van der Waals surface area (Å²) in [7, 11) is 0. The molecular formula is C9H3Cl2FOS. The van der Waals surface area contributed by atoms with Crippen LogP contribution in [0.25, 0.3) is 10.1 Å². The van der Waals surface area contributed by atoms with E-state index in [0.717, 1.165) is 11.3 Å². The van der Waals surface area contributed by atoms with Crippen LogP contribution in [0.3, 0.4) is 0 Å². The van der Waals surface area contributed by atoms with Crippen molar-refractivity contribution in [3.05, 3.63) is 33.9 Å². The number of hydrogen-bond acceptors (Lipinski definition) is 2. The van der Waals surface area contributed by atoms with Gasteiger partial charge >= 0.3 is 0 Å². The highest BCUT2D eigenvalue weighted by atomic mass is 35.5. The lowest BCUT2D eigenvalue weighted by atomic mass is 10.2. The third-order valence-corrected chi connectivity index (χ3v) is 3.80. The molecule has 0 spiro atoms. The van der Waals surface area contributed by atoms with Gasteiger partial charge in [0, 0.05) is 5.39 Å². The summed E-state index contributed by atoms with van der Waals surface area (Å²) in [5, 5.41) is 0.0979. The first-order valence-electron chi connectivity index (χ1n) is 3.67. The van der Waals surface area contributed by atoms with E-state index < -0.39 is 11.1 Å². The minimum Gasteiger partial charge on any atom is -0.275 e. The number of carbonyl (C=O) groups excluding carboxylic acids is 1. The molecule has 0 unspecified atom stereocenters. The van der Waals surface area contributed by atoms with Gasteiger partial charge in [-0.1, -0.05) is 23.7 Å². The summed E-state index contributed by atoms with van der Waals surface area (Å²) in [6, 6.07) is 4.51. The Morgan fingerprint density at radius 2 is 2.14 bits per heavy atom. The largest absolute Gasteiger partial charge is 0.275 e. The van der Waals surface area contributed by atoms with E-state index in [-0.39, 0.29) is 9.90 Å². The fraction of sp³-hybridized carbons (Fsp3) is 0. The van der Waals surface area contributed by atoms with Gasteiger partial charge in [0.15, 0.2) is 0 Å². The maximum Gasteiger partial charge on any atom is 0.263 e. The Morgan fingerprint density at radius 3 is 2.71 bits per heavy atom. The van der Waals surface area contributed by atoms with Gasteiger partial charge in [0.25, 0.3) is 5.24 Å². The van der Waals surface area contributed by atoms with E-state index >= 15 is 0 Å². The Balaban J connectivity index is 2.86. The van der Waals surface area contributed by atoms with Crippen LogP contribution in [0.1, 0.15) is 9.67 Å². The van der Waals surface area contributed by atoms with E-state index in [1.54, 1.807) is 12.1 Å². The first kappa shape index (κ1) is 9.90. The third kappa shape index (κ3) is 1.41. The van der Waals surface area contributed by atoms with Crippen LogP contribution in [0.2, 0.25) is 5.02 Å². The second kappa shape index (κ2) is 3.50. The Labute approximate surface area is 93.1 Å². The lowest BCUT2D eigenvalue weighted by Crippen LogP contribution is -1.81. The number of benzene rings is 1. The molecule has 0 aliphatic carbocycles. The second-order valence-corrected chi connectivity index (χ2v) is 4.38. The van der Waals surface area contributed by atoms with Crippen molar-refractivity contribution < 1.29 is 9.18 Å². The standard InChI is InChI=1S/C9H3Cl2FOS/c10-6-4-2-1-3-5(12)7(4)14-8(6)9(11)13/h1-3H. The summed E-state index contributed by atoms with van der Waals surface area (Å²) in [5.74, 6) is -0.390. The Morgan fingerprint density at radius 1 is 1.43 bits per heavy atom. The van der Waals surface area contributed by atoms with E-state index in [1.165, 1.54) is 6.07 Å². The predicted molar refractivity (Wildman–Crippen MR) is 57.0 cm³/mol. The second-order valence-electron chi connectivity index (χ2n) is 2.64. The van der Waals surface area contributed by atoms with Crippen LogP contribution in [0.4, 0.5) is 4.39 Å². The molecule has 0 radical (unpaired) electrons. The summed E-state index contributed by atoms with van der Waals surface area (Å²) < 4.78 is 13.6. The average molecular weight is 249 g/mol. The molecule has 1 nitrogen and oxygen atoms in total. The lowest BCUT2D eigenvalue weighted by molar-refractivity contribution is 0.108. The Kier molecular flexibility index (Phi) is 2.47. The van der Waals surface area contributed by atoms with E-state index in [4.69, 9.17) is 23.2 Å². The van der Waals surface area contributed by atoms with Crippen molar-refractivity contribution >= 4 is 49.9 Å². The van der Waals surface area contributed by atoms with Gasteiger partial charge in [-0.2, -0.15) is 0 Å². The van der Waals surface area contributed by atoms with Gasteiger partial charge in [-0.05, 0) is 17.7 Å². The number of fused-ring (bicyclic) bond motifs is 1. The van der Waals surface area contributed by atoms with Gasteiger partial charge in [-0.3, -0.25) is 4.79 Å². The Hall–Kier alpha value is -0.640. The van der Waals surface area contributed by atoms with Crippen molar-refractivity contribution in [2.24, 2.45) is 0 Å². The van der Waals surface area contributed by atoms with Crippen molar-refractivity contribution in [2.75, 3.05) is 0 Å². The van der Waals surface area contributed by atoms with Crippen LogP contribution < -0.4 is 0 Å². The molecule has 0 saturated heterocycles. The third-order valence-electron chi connectivity index (χ3n) is 1.79. The molecule has 1 heterocycles. The number of halogens is 3. The normalized spacial score (nSPS) is 10.8. The van der Waals surface area contributed by atoms with Crippen LogP contribution >= 0.6 is 34.5 Å². The number of rotatable bonds is 1. The molecule has 1 aromatic carbocycles. The van der Waals surface area contributed by atoms with Crippen molar-refractivity contribution in [3.8, 4) is 0 Å². The summed E-state index contributed by atoms with van der Waals surface area (Å²) in [5.41, 5.74) is 0. The number of carbonyl (C=O) groups is 1. The molecule has 14 heavy (non-hydrogen) atoms. The fourth-order valence-corrected chi connectivity index (χ4v) is 2.78. The van der Waals surface area contributed by atoms with E-state index in [0.29, 0.717) is 10.1 Å². The molecule has 72 valence electrons. The van der Waals surface area contributed by atoms with Crippen molar-refractivity contribution in [1.29, 1.82) is 0 Å². The summed E-state index contributed by atoms with van der Waals surface area (Å²) in [6.45, 7) is 0. The van der Waals surface area contributed by atoms with Crippen LogP contribution in [0.15, 0.2) is 18.2 Å². The monoisotopic (exact) mass is 248 g/mol. The minimum atomic E-state index is -0.657. The van der Waals surface area contributed by atoms with E-state index in [1.807, 2.05) is 0 Å². The quantitative estimate of drug-likeness (QED) is 0.696. The zero-order valence-corrected chi connectivity index (χ0v) is 9.01. The maximum atomic E-state index is 13.2. The van der Waals surface area contributed by atoms with E-state index in [9.17, 15) is 9.18 Å². The summed E-state index contributed by atoms with van der Waals surface area (Å²) in [6.07, 6.45) is 0. The lowest BCUT2D eigenvalue weighted by Gasteiger charge is -1.90. The molecule has 0 bridgehead atoms. The van der Waals surface area contributed by atoms with Crippen LogP contribution in [0.5, 0.6) is 0 Å². The zero-order valence-electron chi connectivity index (χ0n) is 6.68. The number of hydrogen-bond donors (Lipinski definition) is 0. The van der Waals surface area contributed by atoms with Crippen molar-refractivity contribution in [3.63, 3.8) is 0 Å². The maximum absolute atomic E-state index is 13.2. The first-order valence-corrected chi connectivity index (χ1v) is 5.25. The molecule has 2 rings (SSSR count). The minimum absolute atomic E-state index is 0.188. The molecule has 0 aliphatic heterocycles. The van der Waals surface area contributed by atoms with Gasteiger partial charge < -0.3 is 0 Å². The van der Waals surface area contributed by atoms with Crippen molar-refractivity contribution in [1.82, 2.24) is 0 Å². The van der Waals surface area contributed by atoms with Gasteiger partial charge in [0.2, 0.25) is 0 Å². The molecule has 5 heteroatoms. The molecule has 0 atom stereocenters. The zero-order chi connectivity index (χ0) is 10.3. The molecular weight excluding hydrogens is 246 g/mol. The molecule has 0 amide bonds. The highest BCUT2D eigenvalue weighted by Crippen LogP contribution is 2.37. The SMILES string of the molecule is O=C(Cl)c1sc2c(F)cccc2c1Cl. The van der Waals surface area contributed by atoms with Crippen LogP contribution in [-0.2, 0) is 0 Å². The van der Waals surface area contributed by atoms with Gasteiger partial charge in [-0.15, -0.1) is 11.3 Å². The summed E-state index contributed by atoms with van der Waals surface area (Å²) in [4.78, 5) is 11.1. The summed E-state index contributed by atoms with van der Waals surface area (Å²) >= 11 is 12.1. The van der Waals surface area contributed by atoms with Crippen LogP contribution in [-0.4, -0.2) is 5.24 Å². The first-order chi connectivity index (χ1) is 6.61. The highest BCUT2D eigenvalue weighted by molar-refractivity contribution is 7.23. The highest BCUT2D eigenvalue weighted by Gasteiger charge is 2.16. The molecule has 1 aromatic heterocycles. The molecule has 0 aliphatic rings. The van der Waals surface area contributed by atoms with Crippen LogP contribution in [0, 0.1) is 5.82 Å². The molecule has 0 saturated carbocycles. The van der Waals surface area contributed by atoms with Gasteiger partial charge in [-0.25, -0.2) is 4.39 Å². The average Bonchev–Trinajstić information content (AvgIpc) is 2.46. The molecule has 0 fully saturated rings. The Bertz CT molecular complexity index is 521. The molecule has 0 N–H and O–H groups in total. The van der Waals surface area contributed by atoms with Gasteiger partial charge in [0.1, 0.15) is 10.7 Å². The molecule has 2 aromatic rings. The number of thiophene rings is 1. The van der Waals surface area contributed by atoms with Crippen molar-refractivity contribution in [2.45, 2.75) is 0 Å². The van der Waals surface area contributed by atoms with E-state index in [2.05, 4.69) is 0 Å². The predicted octanol–water partition coefficient (Wildman–Crippen LogP) is 4.07. The smallest absolute Gasteiger partial charge is 0.263 e. The topological polar surface area (TPSA) is 17.1 Å². The fourth-order valence-electron chi connectivity index (χ4n) is 1.18. The van der Waals surface area contributed by atoms with Gasteiger partial charge in [0.05, 0.1) is 9.72 Å².